The maximum absolute atomic E-state index is 13.5. The average molecular weight is 463 g/mol. The second-order valence-electron chi connectivity index (χ2n) is 9.06. The van der Waals surface area contributed by atoms with Crippen molar-refractivity contribution in [2.24, 2.45) is 0 Å². The van der Waals surface area contributed by atoms with Crippen molar-refractivity contribution < 1.29 is 9.90 Å². The summed E-state index contributed by atoms with van der Waals surface area (Å²) in [6.07, 6.45) is 4.37. The van der Waals surface area contributed by atoms with Crippen LogP contribution in [0.3, 0.4) is 0 Å². The zero-order chi connectivity index (χ0) is 22.9. The standard InChI is InChI=1S/C25H23ClN4O3/c1-13-9-20-18(11-17(13)25(33)29-8-7-14-10-15(26)5-6-19(14)29)28-24(32)21-12-27-23(30(20)21)16-3-2-4-22(16)31/h5-6,9-12,16,22,31H,2-4,7-8H2,1H3,(H,28,32)/t16-,22+/m0/s1. The van der Waals surface area contributed by atoms with Gasteiger partial charge in [-0.15, -0.1) is 0 Å². The maximum atomic E-state index is 13.5. The van der Waals surface area contributed by atoms with Crippen LogP contribution in [-0.2, 0) is 6.42 Å². The lowest BCUT2D eigenvalue weighted by atomic mass is 10.0. The lowest BCUT2D eigenvalue weighted by Gasteiger charge is -2.20. The second-order valence-corrected chi connectivity index (χ2v) is 9.50. The van der Waals surface area contributed by atoms with Crippen LogP contribution < -0.4 is 10.5 Å². The van der Waals surface area contributed by atoms with Crippen LogP contribution in [0.15, 0.2) is 41.3 Å². The molecule has 0 saturated heterocycles. The Balaban J connectivity index is 1.49. The predicted octanol–water partition coefficient (Wildman–Crippen LogP) is 3.97. The van der Waals surface area contributed by atoms with Crippen molar-refractivity contribution in [1.29, 1.82) is 0 Å². The highest BCUT2D eigenvalue weighted by Crippen LogP contribution is 2.36. The third kappa shape index (κ3) is 3.10. The summed E-state index contributed by atoms with van der Waals surface area (Å²) in [7, 11) is 0. The number of carbonyl (C=O) groups is 1. The summed E-state index contributed by atoms with van der Waals surface area (Å²) in [5.41, 5.74) is 4.82. The number of nitrogens with one attached hydrogen (secondary N) is 1. The number of aliphatic hydroxyl groups excluding tert-OH is 1. The van der Waals surface area contributed by atoms with Gasteiger partial charge in [0.2, 0.25) is 0 Å². The Labute approximate surface area is 194 Å². The van der Waals surface area contributed by atoms with Crippen LogP contribution in [0.2, 0.25) is 5.02 Å². The number of fused-ring (bicyclic) bond motifs is 4. The molecule has 33 heavy (non-hydrogen) atoms. The molecule has 1 amide bonds. The number of anilines is 1. The van der Waals surface area contributed by atoms with Crippen molar-refractivity contribution in [2.45, 2.75) is 44.6 Å². The number of rotatable bonds is 2. The maximum Gasteiger partial charge on any atom is 0.274 e. The van der Waals surface area contributed by atoms with Crippen LogP contribution >= 0.6 is 11.6 Å². The number of amides is 1. The van der Waals surface area contributed by atoms with Gasteiger partial charge in [0.05, 0.1) is 23.3 Å². The summed E-state index contributed by atoms with van der Waals surface area (Å²) in [4.78, 5) is 35.6. The Morgan fingerprint density at radius 1 is 1.21 bits per heavy atom. The Kier molecular flexibility index (Phi) is 4.61. The van der Waals surface area contributed by atoms with E-state index in [1.54, 1.807) is 23.2 Å². The summed E-state index contributed by atoms with van der Waals surface area (Å²) in [6, 6.07) is 9.28. The molecule has 168 valence electrons. The molecule has 1 fully saturated rings. The van der Waals surface area contributed by atoms with Crippen molar-refractivity contribution in [1.82, 2.24) is 14.4 Å². The third-order valence-electron chi connectivity index (χ3n) is 7.08. The summed E-state index contributed by atoms with van der Waals surface area (Å²) in [5.74, 6) is 0.496. The molecule has 1 aliphatic heterocycles. The Morgan fingerprint density at radius 3 is 2.85 bits per heavy atom. The van der Waals surface area contributed by atoms with E-state index in [-0.39, 0.29) is 17.4 Å². The van der Waals surface area contributed by atoms with Gasteiger partial charge in [-0.05, 0) is 67.6 Å². The molecule has 4 aromatic rings. The number of imidazole rings is 1. The molecule has 0 radical (unpaired) electrons. The van der Waals surface area contributed by atoms with Gasteiger partial charge in [0, 0.05) is 28.7 Å². The lowest BCUT2D eigenvalue weighted by molar-refractivity contribution is 0.0989. The highest BCUT2D eigenvalue weighted by molar-refractivity contribution is 6.30. The number of hydrogen-bond acceptors (Lipinski definition) is 4. The van der Waals surface area contributed by atoms with Crippen LogP contribution in [0.5, 0.6) is 0 Å². The van der Waals surface area contributed by atoms with E-state index in [1.807, 2.05) is 29.5 Å². The first kappa shape index (κ1) is 20.4. The fourth-order valence-electron chi connectivity index (χ4n) is 5.40. The van der Waals surface area contributed by atoms with Crippen LogP contribution in [0, 0.1) is 6.92 Å². The number of H-pyrrole nitrogens is 1. The molecule has 2 aromatic heterocycles. The van der Waals surface area contributed by atoms with Crippen molar-refractivity contribution in [3.05, 3.63) is 74.4 Å². The Hall–Kier alpha value is -3.16. The number of carbonyl (C=O) groups excluding carboxylic acids is 1. The van der Waals surface area contributed by atoms with Gasteiger partial charge in [-0.25, -0.2) is 4.98 Å². The van der Waals surface area contributed by atoms with Gasteiger partial charge in [0.15, 0.2) is 0 Å². The van der Waals surface area contributed by atoms with E-state index in [0.29, 0.717) is 34.0 Å². The Bertz CT molecular complexity index is 1510. The monoisotopic (exact) mass is 462 g/mol. The molecule has 1 saturated carbocycles. The summed E-state index contributed by atoms with van der Waals surface area (Å²) in [5, 5.41) is 11.1. The topological polar surface area (TPSA) is 90.7 Å². The van der Waals surface area contributed by atoms with Crippen LogP contribution in [0.4, 0.5) is 5.69 Å². The number of aromatic amines is 1. The van der Waals surface area contributed by atoms with Gasteiger partial charge in [0.25, 0.3) is 11.5 Å². The zero-order valence-corrected chi connectivity index (χ0v) is 18.9. The molecule has 1 aliphatic carbocycles. The number of hydrogen-bond donors (Lipinski definition) is 2. The van der Waals surface area contributed by atoms with Gasteiger partial charge in [-0.3, -0.25) is 14.0 Å². The first-order chi connectivity index (χ1) is 15.9. The molecular formula is C25H23ClN4O3. The van der Waals surface area contributed by atoms with Crippen molar-refractivity contribution in [3.8, 4) is 0 Å². The van der Waals surface area contributed by atoms with E-state index in [9.17, 15) is 14.7 Å². The predicted molar refractivity (Wildman–Crippen MR) is 127 cm³/mol. The highest BCUT2D eigenvalue weighted by atomic mass is 35.5. The van der Waals surface area contributed by atoms with Crippen LogP contribution in [0.25, 0.3) is 16.6 Å². The summed E-state index contributed by atoms with van der Waals surface area (Å²) < 4.78 is 1.85. The van der Waals surface area contributed by atoms with E-state index in [1.165, 1.54) is 0 Å². The molecule has 0 spiro atoms. The highest BCUT2D eigenvalue weighted by Gasteiger charge is 2.31. The fourth-order valence-corrected chi connectivity index (χ4v) is 5.60. The number of halogens is 1. The minimum atomic E-state index is -0.462. The largest absolute Gasteiger partial charge is 0.392 e. The molecule has 2 aliphatic rings. The molecule has 7 nitrogen and oxygen atoms in total. The number of aliphatic hydroxyl groups is 1. The second kappa shape index (κ2) is 7.43. The Morgan fingerprint density at radius 2 is 2.06 bits per heavy atom. The number of nitrogens with zero attached hydrogens (tertiary/aromatic N) is 3. The zero-order valence-electron chi connectivity index (χ0n) is 18.1. The van der Waals surface area contributed by atoms with Gasteiger partial charge in [0.1, 0.15) is 11.3 Å². The lowest BCUT2D eigenvalue weighted by Crippen LogP contribution is -2.29. The van der Waals surface area contributed by atoms with Crippen molar-refractivity contribution >= 4 is 39.7 Å². The SMILES string of the molecule is Cc1cc2c(cc1C(=O)N1CCc3cc(Cl)ccc31)[nH]c(=O)c1cnc([C@H]3CCC[C@H]3O)n12. The number of benzene rings is 2. The molecule has 0 bridgehead atoms. The molecule has 2 atom stereocenters. The van der Waals surface area contributed by atoms with Gasteiger partial charge < -0.3 is 15.0 Å². The van der Waals surface area contributed by atoms with E-state index in [2.05, 4.69) is 9.97 Å². The first-order valence-electron chi connectivity index (χ1n) is 11.2. The normalized spacial score (nSPS) is 20.2. The van der Waals surface area contributed by atoms with Crippen molar-refractivity contribution in [3.63, 3.8) is 0 Å². The average Bonchev–Trinajstić information content (AvgIpc) is 3.51. The van der Waals surface area contributed by atoms with Crippen LogP contribution in [0.1, 0.15) is 52.5 Å². The van der Waals surface area contributed by atoms with E-state index >= 15 is 0 Å². The van der Waals surface area contributed by atoms with Gasteiger partial charge in [-0.1, -0.05) is 18.0 Å². The quantitative estimate of drug-likeness (QED) is 0.471. The minimum absolute atomic E-state index is 0.103. The van der Waals surface area contributed by atoms with Crippen molar-refractivity contribution in [2.75, 3.05) is 11.4 Å². The molecular weight excluding hydrogens is 440 g/mol. The first-order valence-corrected chi connectivity index (χ1v) is 11.6. The third-order valence-corrected chi connectivity index (χ3v) is 7.31. The fraction of sp³-hybridized carbons (Fsp3) is 0.320. The van der Waals surface area contributed by atoms with Gasteiger partial charge >= 0.3 is 0 Å². The smallest absolute Gasteiger partial charge is 0.274 e. The molecule has 2 aromatic carbocycles. The molecule has 8 heteroatoms. The number of aromatic nitrogens is 3. The van der Waals surface area contributed by atoms with Gasteiger partial charge in [-0.2, -0.15) is 0 Å². The molecule has 3 heterocycles. The molecule has 2 N–H and O–H groups in total. The van der Waals surface area contributed by atoms with Crippen LogP contribution in [-0.4, -0.2) is 38.0 Å². The number of aryl methyl sites for hydroxylation is 1. The van der Waals surface area contributed by atoms with E-state index in [4.69, 9.17) is 11.6 Å². The molecule has 0 unspecified atom stereocenters. The van der Waals surface area contributed by atoms with E-state index < -0.39 is 6.10 Å². The molecule has 6 rings (SSSR count). The summed E-state index contributed by atoms with van der Waals surface area (Å²) >= 11 is 6.12. The van der Waals surface area contributed by atoms with E-state index in [0.717, 1.165) is 48.0 Å². The minimum Gasteiger partial charge on any atom is -0.392 e. The summed E-state index contributed by atoms with van der Waals surface area (Å²) in [6.45, 7) is 2.50.